The van der Waals surface area contributed by atoms with Gasteiger partial charge < -0.3 is 14.6 Å². The number of carbonyl (C=O) groups excluding carboxylic acids is 1. The minimum absolute atomic E-state index is 0.0799. The average Bonchev–Trinajstić information content (AvgIpc) is 3.34. The first kappa shape index (κ1) is 17.2. The third-order valence-corrected chi connectivity index (χ3v) is 5.98. The largest absolute Gasteiger partial charge is 0.473 e. The zero-order valence-corrected chi connectivity index (χ0v) is 16.1. The van der Waals surface area contributed by atoms with Gasteiger partial charge in [0.05, 0.1) is 29.8 Å². The summed E-state index contributed by atoms with van der Waals surface area (Å²) in [6, 6.07) is 2.49. The summed E-state index contributed by atoms with van der Waals surface area (Å²) in [5, 5.41) is 7.40. The van der Waals surface area contributed by atoms with Gasteiger partial charge in [0.25, 0.3) is 0 Å². The van der Waals surface area contributed by atoms with E-state index in [1.165, 1.54) is 19.3 Å². The first-order chi connectivity index (χ1) is 13.6. The minimum atomic E-state index is -0.127. The van der Waals surface area contributed by atoms with E-state index in [0.717, 1.165) is 22.3 Å². The number of imidazole rings is 1. The maximum Gasteiger partial charge on any atom is 0.241 e. The van der Waals surface area contributed by atoms with Gasteiger partial charge in [0, 0.05) is 37.7 Å². The number of pyridine rings is 1. The summed E-state index contributed by atoms with van der Waals surface area (Å²) in [6.45, 7) is 2.64. The molecule has 4 heterocycles. The number of carbonyl (C=O) groups is 1. The van der Waals surface area contributed by atoms with Crippen molar-refractivity contribution < 1.29 is 9.53 Å². The van der Waals surface area contributed by atoms with Crippen LogP contribution in [0.15, 0.2) is 24.8 Å². The van der Waals surface area contributed by atoms with E-state index in [-0.39, 0.29) is 17.9 Å². The van der Waals surface area contributed by atoms with Crippen LogP contribution in [0, 0.1) is 5.92 Å². The molecule has 0 bridgehead atoms. The highest BCUT2D eigenvalue weighted by molar-refractivity contribution is 5.84. The molecule has 2 atom stereocenters. The van der Waals surface area contributed by atoms with E-state index in [0.29, 0.717) is 24.9 Å². The van der Waals surface area contributed by atoms with Crippen LogP contribution in [0.2, 0.25) is 0 Å². The summed E-state index contributed by atoms with van der Waals surface area (Å²) in [7, 11) is 1.93. The molecule has 1 aliphatic heterocycles. The molecule has 1 N–H and O–H groups in total. The highest BCUT2D eigenvalue weighted by atomic mass is 16.5. The standard InChI is InChI=1S/C20H24N6O2/c1-12(13-6-18(27)21-8-13)28-20-19-17(22-11-25(19)2)7-16(24-20)14-9-23-26(10-14)15-4-3-5-15/h7,9-13,15H,3-6,8H2,1-2H3,(H,21,27)/t12-,13-/m1/s1. The molecule has 146 valence electrons. The number of nitrogens with one attached hydrogen (secondary N) is 1. The van der Waals surface area contributed by atoms with E-state index in [4.69, 9.17) is 9.72 Å². The Morgan fingerprint density at radius 2 is 2.21 bits per heavy atom. The van der Waals surface area contributed by atoms with Crippen LogP contribution < -0.4 is 10.1 Å². The lowest BCUT2D eigenvalue weighted by molar-refractivity contribution is -0.119. The minimum Gasteiger partial charge on any atom is -0.473 e. The van der Waals surface area contributed by atoms with Gasteiger partial charge in [-0.05, 0) is 32.3 Å². The van der Waals surface area contributed by atoms with Gasteiger partial charge in [-0.1, -0.05) is 0 Å². The lowest BCUT2D eigenvalue weighted by Gasteiger charge is -2.25. The Balaban J connectivity index is 1.49. The second kappa shape index (κ2) is 6.61. The van der Waals surface area contributed by atoms with Gasteiger partial charge >= 0.3 is 0 Å². The Bertz CT molecular complexity index is 1030. The van der Waals surface area contributed by atoms with E-state index in [1.54, 1.807) is 6.33 Å². The summed E-state index contributed by atoms with van der Waals surface area (Å²) in [4.78, 5) is 20.9. The number of amides is 1. The molecule has 0 aromatic carbocycles. The molecule has 2 fully saturated rings. The molecule has 0 unspecified atom stereocenters. The highest BCUT2D eigenvalue weighted by Crippen LogP contribution is 2.34. The Hall–Kier alpha value is -2.90. The van der Waals surface area contributed by atoms with Crippen molar-refractivity contribution in [2.24, 2.45) is 13.0 Å². The highest BCUT2D eigenvalue weighted by Gasteiger charge is 2.29. The van der Waals surface area contributed by atoms with Crippen molar-refractivity contribution in [1.29, 1.82) is 0 Å². The van der Waals surface area contributed by atoms with Crippen molar-refractivity contribution >= 4 is 16.9 Å². The molecule has 1 aliphatic carbocycles. The van der Waals surface area contributed by atoms with Crippen molar-refractivity contribution in [2.45, 2.75) is 44.8 Å². The van der Waals surface area contributed by atoms with E-state index < -0.39 is 0 Å². The van der Waals surface area contributed by atoms with Crippen LogP contribution in [-0.4, -0.2) is 42.9 Å². The zero-order chi connectivity index (χ0) is 19.3. The van der Waals surface area contributed by atoms with Crippen LogP contribution in [0.4, 0.5) is 0 Å². The number of aryl methyl sites for hydroxylation is 1. The Morgan fingerprint density at radius 1 is 1.36 bits per heavy atom. The number of ether oxygens (including phenoxy) is 1. The number of fused-ring (bicyclic) bond motifs is 1. The summed E-state index contributed by atoms with van der Waals surface area (Å²) in [5.41, 5.74) is 3.47. The fraction of sp³-hybridized carbons (Fsp3) is 0.500. The molecule has 2 aliphatic rings. The molecule has 1 amide bonds. The second-order valence-corrected chi connectivity index (χ2v) is 7.92. The summed E-state index contributed by atoms with van der Waals surface area (Å²) < 4.78 is 10.2. The Kier molecular flexibility index (Phi) is 4.07. The van der Waals surface area contributed by atoms with Crippen molar-refractivity contribution in [3.05, 3.63) is 24.8 Å². The normalized spacial score (nSPS) is 20.9. The lowest BCUT2D eigenvalue weighted by Crippen LogP contribution is -2.26. The van der Waals surface area contributed by atoms with Gasteiger partial charge in [-0.3, -0.25) is 9.48 Å². The molecular formula is C20H24N6O2. The van der Waals surface area contributed by atoms with E-state index in [2.05, 4.69) is 21.6 Å². The van der Waals surface area contributed by atoms with Crippen LogP contribution in [-0.2, 0) is 11.8 Å². The summed E-state index contributed by atoms with van der Waals surface area (Å²) >= 11 is 0. The number of aromatic nitrogens is 5. The molecule has 5 rings (SSSR count). The van der Waals surface area contributed by atoms with Gasteiger partial charge in [0.2, 0.25) is 11.8 Å². The van der Waals surface area contributed by atoms with Gasteiger partial charge in [-0.15, -0.1) is 0 Å². The second-order valence-electron chi connectivity index (χ2n) is 7.92. The van der Waals surface area contributed by atoms with E-state index in [1.807, 2.05) is 35.5 Å². The molecule has 0 spiro atoms. The molecule has 8 nitrogen and oxygen atoms in total. The topological polar surface area (TPSA) is 86.9 Å². The maximum atomic E-state index is 11.6. The van der Waals surface area contributed by atoms with Crippen molar-refractivity contribution in [3.8, 4) is 17.1 Å². The summed E-state index contributed by atoms with van der Waals surface area (Å²) in [6.07, 6.45) is 9.71. The van der Waals surface area contributed by atoms with E-state index >= 15 is 0 Å². The third-order valence-electron chi connectivity index (χ3n) is 5.98. The average molecular weight is 380 g/mol. The monoisotopic (exact) mass is 380 g/mol. The van der Waals surface area contributed by atoms with Crippen LogP contribution in [0.5, 0.6) is 5.88 Å². The maximum absolute atomic E-state index is 11.6. The number of nitrogens with zero attached hydrogens (tertiary/aromatic N) is 5. The van der Waals surface area contributed by atoms with Crippen molar-refractivity contribution in [3.63, 3.8) is 0 Å². The van der Waals surface area contributed by atoms with Gasteiger partial charge in [-0.25, -0.2) is 9.97 Å². The number of hydrogen-bond donors (Lipinski definition) is 1. The summed E-state index contributed by atoms with van der Waals surface area (Å²) in [5.74, 6) is 0.773. The first-order valence-corrected chi connectivity index (χ1v) is 9.88. The van der Waals surface area contributed by atoms with Gasteiger partial charge in [-0.2, -0.15) is 5.10 Å². The molecule has 1 saturated heterocycles. The molecule has 1 saturated carbocycles. The molecule has 0 radical (unpaired) electrons. The molecule has 28 heavy (non-hydrogen) atoms. The number of rotatable bonds is 5. The Labute approximate surface area is 162 Å². The van der Waals surface area contributed by atoms with Gasteiger partial charge in [0.15, 0.2) is 0 Å². The molecule has 8 heteroatoms. The van der Waals surface area contributed by atoms with Gasteiger partial charge in [0.1, 0.15) is 11.6 Å². The fourth-order valence-electron chi connectivity index (χ4n) is 3.92. The van der Waals surface area contributed by atoms with Crippen LogP contribution in [0.3, 0.4) is 0 Å². The fourth-order valence-corrected chi connectivity index (χ4v) is 3.92. The van der Waals surface area contributed by atoms with Crippen molar-refractivity contribution in [2.75, 3.05) is 6.54 Å². The predicted octanol–water partition coefficient (Wildman–Crippen LogP) is 2.46. The predicted molar refractivity (Wildman–Crippen MR) is 104 cm³/mol. The quantitative estimate of drug-likeness (QED) is 0.735. The van der Waals surface area contributed by atoms with Crippen molar-refractivity contribution in [1.82, 2.24) is 29.6 Å². The first-order valence-electron chi connectivity index (χ1n) is 9.88. The van der Waals surface area contributed by atoms with Crippen LogP contribution >= 0.6 is 0 Å². The molecule has 3 aromatic heterocycles. The zero-order valence-electron chi connectivity index (χ0n) is 16.1. The SMILES string of the molecule is C[C@@H](Oc1nc(-c2cnn(C3CCC3)c2)cc2ncn(C)c12)[C@H]1CNC(=O)C1. The third kappa shape index (κ3) is 2.93. The van der Waals surface area contributed by atoms with E-state index in [9.17, 15) is 4.79 Å². The van der Waals surface area contributed by atoms with Crippen LogP contribution in [0.1, 0.15) is 38.6 Å². The lowest BCUT2D eigenvalue weighted by atomic mass is 9.93. The van der Waals surface area contributed by atoms with Crippen LogP contribution in [0.25, 0.3) is 22.3 Å². The molecular weight excluding hydrogens is 356 g/mol. The molecule has 3 aromatic rings. The Morgan fingerprint density at radius 3 is 2.93 bits per heavy atom. The number of hydrogen-bond acceptors (Lipinski definition) is 5. The smallest absolute Gasteiger partial charge is 0.241 e.